The number of nitrogens with zero attached hydrogens (tertiary/aromatic N) is 2. The van der Waals surface area contributed by atoms with E-state index in [0.29, 0.717) is 12.2 Å². The molecule has 0 radical (unpaired) electrons. The van der Waals surface area contributed by atoms with Gasteiger partial charge in [0.2, 0.25) is 10.0 Å². The Kier molecular flexibility index (Phi) is 5.50. The fraction of sp³-hybridized carbons (Fsp3) is 0.500. The number of nitrogens with one attached hydrogen (secondary N) is 1. The summed E-state index contributed by atoms with van der Waals surface area (Å²) in [6.07, 6.45) is 2.38. The van der Waals surface area contributed by atoms with E-state index in [1.54, 1.807) is 10.9 Å². The summed E-state index contributed by atoms with van der Waals surface area (Å²) in [6, 6.07) is 9.78. The van der Waals surface area contributed by atoms with Crippen LogP contribution >= 0.6 is 0 Å². The molecule has 0 amide bonds. The number of hydrogen-bond acceptors (Lipinski definition) is 3. The van der Waals surface area contributed by atoms with E-state index in [1.807, 2.05) is 65.0 Å². The molecule has 2 rings (SSSR count). The highest BCUT2D eigenvalue weighted by Crippen LogP contribution is 2.28. The summed E-state index contributed by atoms with van der Waals surface area (Å²) < 4.78 is 30.0. The molecular formula is C18H27N3O2S. The maximum Gasteiger partial charge on any atom is 0.244 e. The quantitative estimate of drug-likeness (QED) is 0.870. The van der Waals surface area contributed by atoms with Crippen molar-refractivity contribution in [1.29, 1.82) is 0 Å². The Labute approximate surface area is 145 Å². The van der Waals surface area contributed by atoms with Gasteiger partial charge in [-0.3, -0.25) is 4.68 Å². The Hall–Kier alpha value is -1.66. The second kappa shape index (κ2) is 7.07. The first-order valence-electron chi connectivity index (χ1n) is 8.27. The summed E-state index contributed by atoms with van der Waals surface area (Å²) in [6.45, 7) is 10.3. The summed E-state index contributed by atoms with van der Waals surface area (Å²) in [5.74, 6) is 0. The zero-order valence-corrected chi connectivity index (χ0v) is 15.9. The maximum absolute atomic E-state index is 12.8. The first-order valence-corrected chi connectivity index (χ1v) is 9.76. The zero-order valence-electron chi connectivity index (χ0n) is 15.1. The third kappa shape index (κ3) is 4.45. The predicted octanol–water partition coefficient (Wildman–Crippen LogP) is 3.31. The first kappa shape index (κ1) is 18.7. The van der Waals surface area contributed by atoms with Crippen molar-refractivity contribution in [3.05, 3.63) is 47.8 Å². The third-order valence-corrected chi connectivity index (χ3v) is 5.47. The largest absolute Gasteiger partial charge is 0.267 e. The smallest absolute Gasteiger partial charge is 0.244 e. The fourth-order valence-corrected chi connectivity index (χ4v) is 4.07. The highest BCUT2D eigenvalue weighted by atomic mass is 32.2. The van der Waals surface area contributed by atoms with Crippen molar-refractivity contribution in [1.82, 2.24) is 14.5 Å². The van der Waals surface area contributed by atoms with E-state index >= 15 is 0 Å². The molecule has 1 aromatic carbocycles. The SMILES string of the molecule is CCC(C)NS(=O)(=O)c1cn(Cc2ccccc2)nc1C(C)(C)C. The van der Waals surface area contributed by atoms with Gasteiger partial charge in [-0.05, 0) is 18.9 Å². The van der Waals surface area contributed by atoms with Gasteiger partial charge in [0.05, 0.1) is 12.2 Å². The molecule has 1 heterocycles. The molecule has 0 saturated heterocycles. The lowest BCUT2D eigenvalue weighted by molar-refractivity contribution is 0.526. The molecule has 0 bridgehead atoms. The Morgan fingerprint density at radius 1 is 1.21 bits per heavy atom. The molecular weight excluding hydrogens is 322 g/mol. The molecule has 1 atom stereocenters. The second-order valence-corrected chi connectivity index (χ2v) is 8.89. The molecule has 1 N–H and O–H groups in total. The number of sulfonamides is 1. The van der Waals surface area contributed by atoms with E-state index in [2.05, 4.69) is 9.82 Å². The lowest BCUT2D eigenvalue weighted by Crippen LogP contribution is -2.33. The standard InChI is InChI=1S/C18H27N3O2S/c1-6-14(2)20-24(22,23)16-13-21(19-17(16)18(3,4)5)12-15-10-8-7-9-11-15/h7-11,13-14,20H,6,12H2,1-5H3. The summed E-state index contributed by atoms with van der Waals surface area (Å²) in [4.78, 5) is 0.270. The van der Waals surface area contributed by atoms with Crippen LogP contribution in [0, 0.1) is 0 Å². The van der Waals surface area contributed by atoms with Crippen LogP contribution in [0.1, 0.15) is 52.3 Å². The van der Waals surface area contributed by atoms with Gasteiger partial charge in [0.15, 0.2) is 0 Å². The van der Waals surface area contributed by atoms with Gasteiger partial charge in [0.25, 0.3) is 0 Å². The normalized spacial score (nSPS) is 13.9. The minimum atomic E-state index is -3.59. The Balaban J connectivity index is 2.43. The minimum absolute atomic E-state index is 0.111. The van der Waals surface area contributed by atoms with Crippen molar-refractivity contribution in [2.45, 2.75) is 63.9 Å². The lowest BCUT2D eigenvalue weighted by Gasteiger charge is -2.18. The third-order valence-electron chi connectivity index (χ3n) is 3.88. The van der Waals surface area contributed by atoms with E-state index in [4.69, 9.17) is 0 Å². The van der Waals surface area contributed by atoms with E-state index < -0.39 is 10.0 Å². The Morgan fingerprint density at radius 3 is 2.38 bits per heavy atom. The Morgan fingerprint density at radius 2 is 1.83 bits per heavy atom. The molecule has 0 aliphatic heterocycles. The number of rotatable bonds is 6. The van der Waals surface area contributed by atoms with Gasteiger partial charge in [-0.1, -0.05) is 58.0 Å². The van der Waals surface area contributed by atoms with Crippen LogP contribution in [-0.2, 0) is 22.0 Å². The summed E-state index contributed by atoms with van der Waals surface area (Å²) in [5, 5.41) is 4.57. The number of benzene rings is 1. The van der Waals surface area contributed by atoms with Crippen LogP contribution in [0.3, 0.4) is 0 Å². The van der Waals surface area contributed by atoms with Crippen LogP contribution in [0.2, 0.25) is 0 Å². The van der Waals surface area contributed by atoms with Crippen LogP contribution in [-0.4, -0.2) is 24.2 Å². The van der Waals surface area contributed by atoms with Gasteiger partial charge < -0.3 is 0 Å². The summed E-state index contributed by atoms with van der Waals surface area (Å²) in [5.41, 5.74) is 1.31. The summed E-state index contributed by atoms with van der Waals surface area (Å²) >= 11 is 0. The van der Waals surface area contributed by atoms with Crippen LogP contribution in [0.15, 0.2) is 41.4 Å². The maximum atomic E-state index is 12.8. The number of hydrogen-bond donors (Lipinski definition) is 1. The predicted molar refractivity (Wildman–Crippen MR) is 96.5 cm³/mol. The first-order chi connectivity index (χ1) is 11.1. The average molecular weight is 350 g/mol. The molecule has 1 aromatic heterocycles. The molecule has 2 aromatic rings. The summed E-state index contributed by atoms with van der Waals surface area (Å²) in [7, 11) is -3.59. The highest BCUT2D eigenvalue weighted by molar-refractivity contribution is 7.89. The fourth-order valence-electron chi connectivity index (χ4n) is 2.38. The van der Waals surface area contributed by atoms with Gasteiger partial charge in [-0.15, -0.1) is 0 Å². The molecule has 0 fully saturated rings. The van der Waals surface area contributed by atoms with Gasteiger partial charge in [-0.25, -0.2) is 13.1 Å². The molecule has 0 spiro atoms. The monoisotopic (exact) mass is 349 g/mol. The van der Waals surface area contributed by atoms with Crippen LogP contribution in [0.4, 0.5) is 0 Å². The van der Waals surface area contributed by atoms with Crippen molar-refractivity contribution in [3.63, 3.8) is 0 Å². The van der Waals surface area contributed by atoms with Gasteiger partial charge in [0.1, 0.15) is 4.90 Å². The van der Waals surface area contributed by atoms with Crippen molar-refractivity contribution < 1.29 is 8.42 Å². The highest BCUT2D eigenvalue weighted by Gasteiger charge is 2.30. The van der Waals surface area contributed by atoms with Crippen LogP contribution < -0.4 is 4.72 Å². The van der Waals surface area contributed by atoms with Crippen molar-refractivity contribution in [2.24, 2.45) is 0 Å². The molecule has 132 valence electrons. The minimum Gasteiger partial charge on any atom is -0.267 e. The number of aromatic nitrogens is 2. The molecule has 0 aliphatic rings. The second-order valence-electron chi connectivity index (χ2n) is 7.21. The van der Waals surface area contributed by atoms with E-state index in [0.717, 1.165) is 12.0 Å². The van der Waals surface area contributed by atoms with Gasteiger partial charge in [0, 0.05) is 17.7 Å². The lowest BCUT2D eigenvalue weighted by atomic mass is 9.92. The zero-order chi connectivity index (χ0) is 18.0. The van der Waals surface area contributed by atoms with Crippen LogP contribution in [0.5, 0.6) is 0 Å². The van der Waals surface area contributed by atoms with Crippen molar-refractivity contribution >= 4 is 10.0 Å². The van der Waals surface area contributed by atoms with Crippen molar-refractivity contribution in [3.8, 4) is 0 Å². The molecule has 5 nitrogen and oxygen atoms in total. The van der Waals surface area contributed by atoms with Gasteiger partial charge in [-0.2, -0.15) is 5.10 Å². The molecule has 0 aliphatic carbocycles. The molecule has 24 heavy (non-hydrogen) atoms. The topological polar surface area (TPSA) is 64.0 Å². The van der Waals surface area contributed by atoms with Gasteiger partial charge >= 0.3 is 0 Å². The van der Waals surface area contributed by atoms with E-state index in [-0.39, 0.29) is 16.4 Å². The molecule has 0 saturated carbocycles. The average Bonchev–Trinajstić information content (AvgIpc) is 2.93. The van der Waals surface area contributed by atoms with Crippen LogP contribution in [0.25, 0.3) is 0 Å². The molecule has 6 heteroatoms. The van der Waals surface area contributed by atoms with E-state index in [9.17, 15) is 8.42 Å². The van der Waals surface area contributed by atoms with Crippen molar-refractivity contribution in [2.75, 3.05) is 0 Å². The molecule has 1 unspecified atom stereocenters. The Bertz CT molecular complexity index is 774. The van der Waals surface area contributed by atoms with E-state index in [1.165, 1.54) is 0 Å².